The van der Waals surface area contributed by atoms with E-state index >= 15 is 0 Å². The maximum absolute atomic E-state index is 14.2. The molecule has 0 amide bonds. The number of nitrogens with zero attached hydrogens (tertiary/aromatic N) is 5. The van der Waals surface area contributed by atoms with Gasteiger partial charge in [0, 0.05) is 63.6 Å². The van der Waals surface area contributed by atoms with Crippen LogP contribution in [0.5, 0.6) is 0 Å². The van der Waals surface area contributed by atoms with Crippen molar-refractivity contribution < 1.29 is 4.39 Å². The van der Waals surface area contributed by atoms with Crippen molar-refractivity contribution in [1.82, 2.24) is 25.5 Å². The molecule has 0 atom stereocenters. The Balaban J connectivity index is 0.00000289. The second kappa shape index (κ2) is 11.7. The van der Waals surface area contributed by atoms with Gasteiger partial charge in [-0.3, -0.25) is 9.89 Å². The number of piperazine rings is 1. The van der Waals surface area contributed by atoms with Crippen LogP contribution in [0, 0.1) is 5.82 Å². The molecule has 0 bridgehead atoms. The molecule has 2 N–H and O–H groups in total. The summed E-state index contributed by atoms with van der Waals surface area (Å²) in [6.07, 6.45) is 5.56. The first-order valence-corrected chi connectivity index (χ1v) is 11.2. The van der Waals surface area contributed by atoms with Crippen molar-refractivity contribution in [3.63, 3.8) is 0 Å². The molecule has 2 aliphatic rings. The molecule has 174 valence electrons. The molecule has 0 unspecified atom stereocenters. The highest BCUT2D eigenvalue weighted by Gasteiger charge is 2.45. The van der Waals surface area contributed by atoms with Crippen LogP contribution >= 0.6 is 24.0 Å². The SMILES string of the molecule is CCNC(=NCC1(c2ccccc2F)CC1)NCCN1CCN(c2ncccn2)CC1.I. The number of rotatable bonds is 8. The minimum Gasteiger partial charge on any atom is -0.357 e. The largest absolute Gasteiger partial charge is 0.357 e. The van der Waals surface area contributed by atoms with Gasteiger partial charge in [0.25, 0.3) is 0 Å². The van der Waals surface area contributed by atoms with Gasteiger partial charge in [-0.25, -0.2) is 14.4 Å². The molecule has 1 aliphatic carbocycles. The first-order chi connectivity index (χ1) is 15.2. The molecule has 0 spiro atoms. The van der Waals surface area contributed by atoms with Crippen molar-refractivity contribution in [2.75, 3.05) is 57.3 Å². The first-order valence-electron chi connectivity index (χ1n) is 11.2. The quantitative estimate of drug-likeness (QED) is 0.298. The lowest BCUT2D eigenvalue weighted by Crippen LogP contribution is -2.49. The minimum absolute atomic E-state index is 0. The molecule has 1 aromatic heterocycles. The topological polar surface area (TPSA) is 68.7 Å². The van der Waals surface area contributed by atoms with Crippen molar-refractivity contribution >= 4 is 35.9 Å². The molecule has 1 saturated heterocycles. The van der Waals surface area contributed by atoms with Gasteiger partial charge in [0.2, 0.25) is 5.95 Å². The fraction of sp³-hybridized carbons (Fsp3) is 0.522. The molecular formula is C23H33FIN7. The fourth-order valence-electron chi connectivity index (χ4n) is 4.09. The zero-order valence-electron chi connectivity index (χ0n) is 18.6. The molecule has 7 nitrogen and oxygen atoms in total. The van der Waals surface area contributed by atoms with E-state index in [1.807, 2.05) is 18.2 Å². The number of hydrogen-bond donors (Lipinski definition) is 2. The average Bonchev–Trinajstić information content (AvgIpc) is 3.60. The molecular weight excluding hydrogens is 520 g/mol. The van der Waals surface area contributed by atoms with E-state index in [4.69, 9.17) is 4.99 Å². The second-order valence-electron chi connectivity index (χ2n) is 8.26. The lowest BCUT2D eigenvalue weighted by Gasteiger charge is -2.34. The molecule has 9 heteroatoms. The van der Waals surface area contributed by atoms with Gasteiger partial charge in [-0.05, 0) is 37.5 Å². The van der Waals surface area contributed by atoms with Crippen molar-refractivity contribution in [3.05, 3.63) is 54.1 Å². The van der Waals surface area contributed by atoms with E-state index in [1.165, 1.54) is 0 Å². The van der Waals surface area contributed by atoms with Crippen LogP contribution in [-0.4, -0.2) is 73.2 Å². The molecule has 1 saturated carbocycles. The minimum atomic E-state index is -0.135. The van der Waals surface area contributed by atoms with Crippen LogP contribution in [-0.2, 0) is 5.41 Å². The number of guanidine groups is 1. The van der Waals surface area contributed by atoms with Crippen LogP contribution < -0.4 is 15.5 Å². The highest BCUT2D eigenvalue weighted by atomic mass is 127. The Morgan fingerprint density at radius 3 is 2.44 bits per heavy atom. The van der Waals surface area contributed by atoms with E-state index in [0.29, 0.717) is 6.54 Å². The standard InChI is InChI=1S/C23H32FN7.HI/c1-2-25-21(29-18-23(8-9-23)19-6-3-4-7-20(19)24)26-12-13-30-14-16-31(17-15-30)22-27-10-5-11-28-22;/h3-7,10-11H,2,8-9,12-18H2,1H3,(H2,25,26,29);1H. The highest BCUT2D eigenvalue weighted by Crippen LogP contribution is 2.49. The van der Waals surface area contributed by atoms with Gasteiger partial charge in [0.05, 0.1) is 6.54 Å². The van der Waals surface area contributed by atoms with Crippen LogP contribution in [0.2, 0.25) is 0 Å². The summed E-state index contributed by atoms with van der Waals surface area (Å²) in [6, 6.07) is 8.95. The van der Waals surface area contributed by atoms with E-state index < -0.39 is 0 Å². The third kappa shape index (κ3) is 6.28. The molecule has 1 aliphatic heterocycles. The maximum atomic E-state index is 14.2. The molecule has 2 aromatic rings. The number of hydrogen-bond acceptors (Lipinski definition) is 5. The summed E-state index contributed by atoms with van der Waals surface area (Å²) >= 11 is 0. The number of halogens is 2. The van der Waals surface area contributed by atoms with Gasteiger partial charge in [-0.15, -0.1) is 24.0 Å². The Hall–Kier alpha value is -2.01. The lowest BCUT2D eigenvalue weighted by atomic mass is 9.95. The van der Waals surface area contributed by atoms with Gasteiger partial charge >= 0.3 is 0 Å². The summed E-state index contributed by atoms with van der Waals surface area (Å²) in [5, 5.41) is 6.76. The van der Waals surface area contributed by atoms with E-state index in [0.717, 1.165) is 76.1 Å². The summed E-state index contributed by atoms with van der Waals surface area (Å²) in [4.78, 5) is 18.1. The number of aliphatic imine (C=N–C) groups is 1. The van der Waals surface area contributed by atoms with Crippen LogP contribution in [0.4, 0.5) is 10.3 Å². The molecule has 32 heavy (non-hydrogen) atoms. The zero-order chi connectivity index (χ0) is 21.5. The van der Waals surface area contributed by atoms with Crippen molar-refractivity contribution in [2.45, 2.75) is 25.2 Å². The Morgan fingerprint density at radius 2 is 1.78 bits per heavy atom. The lowest BCUT2D eigenvalue weighted by molar-refractivity contribution is 0.260. The monoisotopic (exact) mass is 553 g/mol. The van der Waals surface area contributed by atoms with Crippen molar-refractivity contribution in [3.8, 4) is 0 Å². The van der Waals surface area contributed by atoms with Gasteiger partial charge in [0.1, 0.15) is 5.82 Å². The van der Waals surface area contributed by atoms with Crippen LogP contribution in [0.15, 0.2) is 47.7 Å². The van der Waals surface area contributed by atoms with Crippen LogP contribution in [0.3, 0.4) is 0 Å². The Bertz CT molecular complexity index is 868. The summed E-state index contributed by atoms with van der Waals surface area (Å²) in [6.45, 7) is 9.09. The zero-order valence-corrected chi connectivity index (χ0v) is 21.0. The summed E-state index contributed by atoms with van der Waals surface area (Å²) in [5.74, 6) is 1.50. The molecule has 4 rings (SSSR count). The van der Waals surface area contributed by atoms with E-state index in [-0.39, 0.29) is 35.2 Å². The van der Waals surface area contributed by atoms with Gasteiger partial charge < -0.3 is 15.5 Å². The Labute approximate surface area is 206 Å². The van der Waals surface area contributed by atoms with Gasteiger partial charge in [-0.1, -0.05) is 18.2 Å². The number of benzene rings is 1. The molecule has 1 aromatic carbocycles. The molecule has 0 radical (unpaired) electrons. The Morgan fingerprint density at radius 1 is 1.06 bits per heavy atom. The number of nitrogens with one attached hydrogen (secondary N) is 2. The second-order valence-corrected chi connectivity index (χ2v) is 8.26. The van der Waals surface area contributed by atoms with E-state index in [1.54, 1.807) is 24.5 Å². The average molecular weight is 553 g/mol. The molecule has 2 heterocycles. The number of aromatic nitrogens is 2. The van der Waals surface area contributed by atoms with Crippen molar-refractivity contribution in [1.29, 1.82) is 0 Å². The summed E-state index contributed by atoms with van der Waals surface area (Å²) < 4.78 is 14.2. The Kier molecular flexibility index (Phi) is 9.03. The predicted molar refractivity (Wildman–Crippen MR) is 137 cm³/mol. The maximum Gasteiger partial charge on any atom is 0.225 e. The predicted octanol–water partition coefficient (Wildman–Crippen LogP) is 2.64. The van der Waals surface area contributed by atoms with Gasteiger partial charge in [0.15, 0.2) is 5.96 Å². The van der Waals surface area contributed by atoms with Gasteiger partial charge in [-0.2, -0.15) is 0 Å². The summed E-state index contributed by atoms with van der Waals surface area (Å²) in [5.41, 5.74) is 0.665. The third-order valence-electron chi connectivity index (χ3n) is 6.11. The highest BCUT2D eigenvalue weighted by molar-refractivity contribution is 14.0. The van der Waals surface area contributed by atoms with Crippen LogP contribution in [0.1, 0.15) is 25.3 Å². The smallest absolute Gasteiger partial charge is 0.225 e. The first kappa shape index (κ1) is 24.6. The van der Waals surface area contributed by atoms with E-state index in [9.17, 15) is 4.39 Å². The van der Waals surface area contributed by atoms with E-state index in [2.05, 4.69) is 37.3 Å². The summed E-state index contributed by atoms with van der Waals surface area (Å²) in [7, 11) is 0. The van der Waals surface area contributed by atoms with Crippen LogP contribution in [0.25, 0.3) is 0 Å². The normalized spacial score (nSPS) is 18.1. The number of anilines is 1. The molecule has 2 fully saturated rings. The fourth-order valence-corrected chi connectivity index (χ4v) is 4.09. The third-order valence-corrected chi connectivity index (χ3v) is 6.11. The van der Waals surface area contributed by atoms with Crippen molar-refractivity contribution in [2.24, 2.45) is 4.99 Å².